The van der Waals surface area contributed by atoms with Crippen LogP contribution >= 0.6 is 0 Å². The zero-order valence-corrected chi connectivity index (χ0v) is 10.6. The number of hydrogen-bond donors (Lipinski definition) is 0. The van der Waals surface area contributed by atoms with Gasteiger partial charge in [-0.2, -0.15) is 0 Å². The molecular formula is C16H15NO. The molecule has 2 heteroatoms. The Balaban J connectivity index is 2.23. The van der Waals surface area contributed by atoms with Crippen LogP contribution in [0.1, 0.15) is 21.5 Å². The second-order valence-corrected chi connectivity index (χ2v) is 4.87. The number of carbonyl (C=O) groups is 1. The Morgan fingerprint density at radius 1 is 1.00 bits per heavy atom. The van der Waals surface area contributed by atoms with Gasteiger partial charge in [-0.3, -0.25) is 4.79 Å². The average Bonchev–Trinajstić information content (AvgIpc) is 2.76. The van der Waals surface area contributed by atoms with Crippen LogP contribution in [0.5, 0.6) is 0 Å². The zero-order valence-electron chi connectivity index (χ0n) is 10.6. The molecule has 1 aliphatic carbocycles. The molecule has 2 aromatic carbocycles. The summed E-state index contributed by atoms with van der Waals surface area (Å²) in [7, 11) is 3.59. The van der Waals surface area contributed by atoms with Gasteiger partial charge in [0.15, 0.2) is 0 Å². The minimum Gasteiger partial charge on any atom is -0.345 e. The summed E-state index contributed by atoms with van der Waals surface area (Å²) in [5.74, 6) is 0.0727. The van der Waals surface area contributed by atoms with E-state index in [1.165, 1.54) is 16.7 Å². The van der Waals surface area contributed by atoms with Crippen LogP contribution in [-0.2, 0) is 6.42 Å². The lowest BCUT2D eigenvalue weighted by Gasteiger charge is -2.14. The summed E-state index contributed by atoms with van der Waals surface area (Å²) < 4.78 is 0. The highest BCUT2D eigenvalue weighted by Crippen LogP contribution is 2.38. The highest BCUT2D eigenvalue weighted by molar-refractivity contribution is 6.02. The van der Waals surface area contributed by atoms with Crippen LogP contribution in [0, 0.1) is 0 Å². The first kappa shape index (κ1) is 11.0. The third-order valence-electron chi connectivity index (χ3n) is 3.45. The van der Waals surface area contributed by atoms with Crippen molar-refractivity contribution in [3.8, 4) is 11.1 Å². The maximum Gasteiger partial charge on any atom is 0.253 e. The summed E-state index contributed by atoms with van der Waals surface area (Å²) in [6.07, 6.45) is 0.931. The van der Waals surface area contributed by atoms with E-state index >= 15 is 0 Å². The van der Waals surface area contributed by atoms with Crippen LogP contribution in [0.25, 0.3) is 11.1 Å². The summed E-state index contributed by atoms with van der Waals surface area (Å²) in [5.41, 5.74) is 5.70. The van der Waals surface area contributed by atoms with E-state index in [0.717, 1.165) is 17.5 Å². The molecule has 18 heavy (non-hydrogen) atoms. The van der Waals surface area contributed by atoms with Gasteiger partial charge in [0.05, 0.1) is 0 Å². The molecule has 1 aliphatic rings. The molecule has 90 valence electrons. The van der Waals surface area contributed by atoms with Crippen molar-refractivity contribution >= 4 is 5.91 Å². The van der Waals surface area contributed by atoms with Gasteiger partial charge in [0.2, 0.25) is 0 Å². The topological polar surface area (TPSA) is 20.3 Å². The van der Waals surface area contributed by atoms with Gasteiger partial charge < -0.3 is 4.90 Å². The fourth-order valence-electron chi connectivity index (χ4n) is 2.61. The standard InChI is InChI=1S/C16H15NO/c1-17(2)16(18)14-9-5-7-12-10-11-6-3-4-8-13(11)15(12)14/h3-9H,10H2,1-2H3. The van der Waals surface area contributed by atoms with Gasteiger partial charge in [-0.05, 0) is 34.7 Å². The van der Waals surface area contributed by atoms with E-state index in [9.17, 15) is 4.79 Å². The van der Waals surface area contributed by atoms with Crippen LogP contribution < -0.4 is 0 Å². The molecule has 0 fully saturated rings. The maximum atomic E-state index is 12.2. The van der Waals surface area contributed by atoms with Crippen molar-refractivity contribution in [2.45, 2.75) is 6.42 Å². The van der Waals surface area contributed by atoms with E-state index < -0.39 is 0 Å². The van der Waals surface area contributed by atoms with Gasteiger partial charge in [0.25, 0.3) is 5.91 Å². The quantitative estimate of drug-likeness (QED) is 0.637. The smallest absolute Gasteiger partial charge is 0.253 e. The largest absolute Gasteiger partial charge is 0.345 e. The Morgan fingerprint density at radius 2 is 1.72 bits per heavy atom. The van der Waals surface area contributed by atoms with Gasteiger partial charge >= 0.3 is 0 Å². The molecule has 0 saturated carbocycles. The maximum absolute atomic E-state index is 12.2. The number of nitrogens with zero attached hydrogens (tertiary/aromatic N) is 1. The van der Waals surface area contributed by atoms with Crippen molar-refractivity contribution in [2.75, 3.05) is 14.1 Å². The van der Waals surface area contributed by atoms with E-state index in [-0.39, 0.29) is 5.91 Å². The third-order valence-corrected chi connectivity index (χ3v) is 3.45. The van der Waals surface area contributed by atoms with E-state index in [2.05, 4.69) is 24.3 Å². The number of hydrogen-bond acceptors (Lipinski definition) is 1. The predicted octanol–water partition coefficient (Wildman–Crippen LogP) is 2.96. The predicted molar refractivity (Wildman–Crippen MR) is 72.7 cm³/mol. The summed E-state index contributed by atoms with van der Waals surface area (Å²) in [5, 5.41) is 0. The molecule has 0 spiro atoms. The van der Waals surface area contributed by atoms with Crippen LogP contribution in [0.15, 0.2) is 42.5 Å². The lowest BCUT2D eigenvalue weighted by Crippen LogP contribution is -2.22. The molecule has 3 rings (SSSR count). The van der Waals surface area contributed by atoms with Crippen LogP contribution in [0.4, 0.5) is 0 Å². The van der Waals surface area contributed by atoms with E-state index in [4.69, 9.17) is 0 Å². The molecule has 0 atom stereocenters. The fourth-order valence-corrected chi connectivity index (χ4v) is 2.61. The lowest BCUT2D eigenvalue weighted by atomic mass is 9.99. The highest BCUT2D eigenvalue weighted by Gasteiger charge is 2.24. The molecule has 0 saturated heterocycles. The number of carbonyl (C=O) groups excluding carboxylic acids is 1. The van der Waals surface area contributed by atoms with Gasteiger partial charge in [-0.15, -0.1) is 0 Å². The van der Waals surface area contributed by atoms with E-state index in [1.807, 2.05) is 18.2 Å². The molecule has 2 nitrogen and oxygen atoms in total. The summed E-state index contributed by atoms with van der Waals surface area (Å²) in [4.78, 5) is 13.9. The number of amides is 1. The summed E-state index contributed by atoms with van der Waals surface area (Å²) in [6.45, 7) is 0. The highest BCUT2D eigenvalue weighted by atomic mass is 16.2. The second kappa shape index (κ2) is 3.98. The Morgan fingerprint density at radius 3 is 2.50 bits per heavy atom. The molecule has 2 aromatic rings. The minimum absolute atomic E-state index is 0.0727. The van der Waals surface area contributed by atoms with Crippen LogP contribution in [0.2, 0.25) is 0 Å². The van der Waals surface area contributed by atoms with Crippen molar-refractivity contribution < 1.29 is 4.79 Å². The Hall–Kier alpha value is -2.09. The van der Waals surface area contributed by atoms with E-state index in [0.29, 0.717) is 0 Å². The molecule has 0 radical (unpaired) electrons. The monoisotopic (exact) mass is 237 g/mol. The van der Waals surface area contributed by atoms with Crippen LogP contribution in [0.3, 0.4) is 0 Å². The van der Waals surface area contributed by atoms with Gasteiger partial charge in [-0.1, -0.05) is 36.4 Å². The Bertz CT molecular complexity index is 629. The first-order valence-electron chi connectivity index (χ1n) is 6.10. The number of benzene rings is 2. The molecule has 0 bridgehead atoms. The first-order chi connectivity index (χ1) is 8.68. The second-order valence-electron chi connectivity index (χ2n) is 4.87. The fraction of sp³-hybridized carbons (Fsp3) is 0.188. The summed E-state index contributed by atoms with van der Waals surface area (Å²) in [6, 6.07) is 14.3. The van der Waals surface area contributed by atoms with Gasteiger partial charge in [-0.25, -0.2) is 0 Å². The molecule has 0 unspecified atom stereocenters. The SMILES string of the molecule is CN(C)C(=O)c1cccc2c1-c1ccccc1C2. The Labute approximate surface area is 107 Å². The van der Waals surface area contributed by atoms with E-state index in [1.54, 1.807) is 19.0 Å². The zero-order chi connectivity index (χ0) is 12.7. The number of rotatable bonds is 1. The molecule has 0 N–H and O–H groups in total. The van der Waals surface area contributed by atoms with Gasteiger partial charge in [0.1, 0.15) is 0 Å². The van der Waals surface area contributed by atoms with Crippen molar-refractivity contribution in [1.29, 1.82) is 0 Å². The Kier molecular flexibility index (Phi) is 2.44. The lowest BCUT2D eigenvalue weighted by molar-refractivity contribution is 0.0828. The molecule has 0 heterocycles. The first-order valence-corrected chi connectivity index (χ1v) is 6.10. The average molecular weight is 237 g/mol. The number of fused-ring (bicyclic) bond motifs is 3. The van der Waals surface area contributed by atoms with Gasteiger partial charge in [0, 0.05) is 19.7 Å². The minimum atomic E-state index is 0.0727. The molecule has 1 amide bonds. The molecule has 0 aromatic heterocycles. The van der Waals surface area contributed by atoms with Crippen molar-refractivity contribution in [2.24, 2.45) is 0 Å². The van der Waals surface area contributed by atoms with Crippen molar-refractivity contribution in [3.05, 3.63) is 59.2 Å². The normalized spacial score (nSPS) is 11.9. The van der Waals surface area contributed by atoms with Crippen LogP contribution in [-0.4, -0.2) is 24.9 Å². The summed E-state index contributed by atoms with van der Waals surface area (Å²) >= 11 is 0. The van der Waals surface area contributed by atoms with Crippen molar-refractivity contribution in [1.82, 2.24) is 4.90 Å². The molecule has 0 aliphatic heterocycles. The third kappa shape index (κ3) is 1.53. The van der Waals surface area contributed by atoms with Crippen molar-refractivity contribution in [3.63, 3.8) is 0 Å². The molecular weight excluding hydrogens is 222 g/mol.